The molecule has 5 aromatic carbocycles. The maximum absolute atomic E-state index is 12.9. The summed E-state index contributed by atoms with van der Waals surface area (Å²) in [4.78, 5) is 50.9. The maximum atomic E-state index is 12.9. The monoisotopic (exact) mass is 1990 g/mol. The first-order valence-electron chi connectivity index (χ1n) is 45.0. The van der Waals surface area contributed by atoms with Crippen LogP contribution in [-0.2, 0) is 45.2 Å². The number of hydrogen-bond acceptors (Lipinski definition) is 20. The van der Waals surface area contributed by atoms with Crippen molar-refractivity contribution in [1.82, 2.24) is 24.5 Å². The van der Waals surface area contributed by atoms with Crippen LogP contribution >= 0.6 is 56.7 Å². The molecule has 5 aromatic heterocycles. The third kappa shape index (κ3) is 26.7. The molecule has 5 unspecified atom stereocenters. The Morgan fingerprint density at radius 2 is 0.615 bits per heavy atom. The molecule has 10 fully saturated rings. The fourth-order valence-corrected chi connectivity index (χ4v) is 24.3. The minimum Gasteiger partial charge on any atom is -0.469 e. The molecule has 41 heteroatoms. The summed E-state index contributed by atoms with van der Waals surface area (Å²) in [6, 6.07) is 20.2. The van der Waals surface area contributed by atoms with Gasteiger partial charge in [0.25, 0.3) is 0 Å². The fourth-order valence-electron chi connectivity index (χ4n) is 19.3. The summed E-state index contributed by atoms with van der Waals surface area (Å²) in [6.45, 7) is 29.2. The number of fused-ring (bicyclic) bond motifs is 5. The van der Waals surface area contributed by atoms with E-state index in [2.05, 4.69) is 65.9 Å². The number of hydrogen-bond donors (Lipinski definition) is 1. The van der Waals surface area contributed by atoms with Crippen molar-refractivity contribution in [2.45, 2.75) is 90.7 Å². The summed E-state index contributed by atoms with van der Waals surface area (Å²) >= 11 is 6.90. The number of Topliss-reactive ketones (excluding diaryl/α,β-unsaturated/α-hetero) is 1. The average molecular weight is 2000 g/mol. The molecule has 0 bridgehead atoms. The number of anilines is 5. The van der Waals surface area contributed by atoms with Gasteiger partial charge in [0.1, 0.15) is 5.78 Å². The van der Waals surface area contributed by atoms with E-state index in [1.54, 1.807) is 37.3 Å². The van der Waals surface area contributed by atoms with E-state index in [1.807, 2.05) is 26.9 Å². The molecule has 20 rings (SSSR count). The Labute approximate surface area is 816 Å². The van der Waals surface area contributed by atoms with Crippen LogP contribution in [0.5, 0.6) is 0 Å². The number of esters is 1. The van der Waals surface area contributed by atoms with Gasteiger partial charge < -0.3 is 46.0 Å². The normalized spacial score (nSPS) is 23.4. The molecule has 20 nitrogen and oxygen atoms in total. The van der Waals surface area contributed by atoms with Gasteiger partial charge in [-0.3, -0.25) is 39.0 Å². The number of azide groups is 1. The first kappa shape index (κ1) is 105. The summed E-state index contributed by atoms with van der Waals surface area (Å²) in [7, 11) is 1.43. The molecular formula is C94H111F15N17NaO3S5. The van der Waals surface area contributed by atoms with Gasteiger partial charge in [-0.05, 0) is 159 Å². The number of carbonyl (C=O) groups excluding carboxylic acids is 2. The summed E-state index contributed by atoms with van der Waals surface area (Å²) in [5, 5.41) is 18.1. The van der Waals surface area contributed by atoms with E-state index in [9.17, 15) is 75.4 Å². The number of nitrogens with two attached hydrogens (primary N) is 1. The van der Waals surface area contributed by atoms with E-state index in [1.165, 1.54) is 149 Å². The molecule has 5 saturated heterocycles. The Hall–Kier alpha value is -7.63. The topological polar surface area (TPSA) is 209 Å². The van der Waals surface area contributed by atoms with Crippen LogP contribution in [0.3, 0.4) is 0 Å². The Balaban J connectivity index is 0.000000141. The summed E-state index contributed by atoms with van der Waals surface area (Å²) in [5.74, 6) is 5.87. The van der Waals surface area contributed by atoms with Crippen molar-refractivity contribution >= 4 is 147 Å². The number of alkyl halides is 15. The molecule has 5 aliphatic carbocycles. The molecule has 10 atom stereocenters. The number of nitrogens with zero attached hydrogens (tertiary/aromatic N) is 16. The SMILES string of the molecule is C.CC(=O)[C@@H]1CC1CN1CCN(c2csc3cc(C(F)(F)F)ccc23)CC1.CC[C@@H]1CC1CN1CCN(c2csc3cc(C(F)(F)F)ccc23)CC1.COC(=O)[C@@H]1CC1CN1CCN(c2csc3cc(C(F)(F)F)ccc23)CC1.NC[C@@H]1CC1CN1CCN(c2csc3cc(C(F)(F)F)ccc23)CC1.[N-]=[N+]=NC[C@@H]1CC1CN1CCN(c2csc3cc(C(F)(F)F)ccc23)CC1.[N-]=[N+]=[N-].[Na+]. The number of rotatable bonds is 21. The zero-order valence-electron chi connectivity index (χ0n) is 74.8. The minimum absolute atomic E-state index is 0. The van der Waals surface area contributed by atoms with Crippen LogP contribution in [0.1, 0.15) is 87.6 Å². The molecule has 10 heterocycles. The van der Waals surface area contributed by atoms with E-state index in [0.29, 0.717) is 60.7 Å². The molecule has 726 valence electrons. The van der Waals surface area contributed by atoms with Crippen LogP contribution in [0.25, 0.3) is 76.8 Å². The van der Waals surface area contributed by atoms with Crippen LogP contribution in [0, 0.1) is 59.2 Å². The first-order valence-corrected chi connectivity index (χ1v) is 49.4. The summed E-state index contributed by atoms with van der Waals surface area (Å²) in [6.07, 6.45) is -14.5. The quantitative estimate of drug-likeness (QED) is 0.0177. The van der Waals surface area contributed by atoms with Gasteiger partial charge in [0.2, 0.25) is 0 Å². The Morgan fingerprint density at radius 1 is 0.378 bits per heavy atom. The number of methoxy groups -OCH3 is 1. The van der Waals surface area contributed by atoms with Crippen molar-refractivity contribution < 1.29 is 110 Å². The van der Waals surface area contributed by atoms with Crippen LogP contribution in [0.4, 0.5) is 94.3 Å². The molecule has 0 radical (unpaired) electrons. The van der Waals surface area contributed by atoms with Gasteiger partial charge in [-0.1, -0.05) is 56.2 Å². The largest absolute Gasteiger partial charge is 1.00 e. The van der Waals surface area contributed by atoms with E-state index in [-0.39, 0.29) is 54.8 Å². The number of ether oxygens (including phenoxy) is 1. The Bertz CT molecular complexity index is 5610. The van der Waals surface area contributed by atoms with Crippen molar-refractivity contribution in [3.63, 3.8) is 0 Å². The van der Waals surface area contributed by atoms with Crippen LogP contribution in [0.15, 0.2) is 123 Å². The molecular weight excluding hydrogens is 1880 g/mol. The van der Waals surface area contributed by atoms with Gasteiger partial charge in [-0.25, -0.2) is 0 Å². The van der Waals surface area contributed by atoms with Crippen LogP contribution in [0.2, 0.25) is 0 Å². The van der Waals surface area contributed by atoms with Crippen molar-refractivity contribution in [3.05, 3.63) is 172 Å². The Morgan fingerprint density at radius 3 is 0.837 bits per heavy atom. The van der Waals surface area contributed by atoms with Crippen LogP contribution < -0.4 is 59.8 Å². The number of halogens is 15. The minimum atomic E-state index is -4.31. The smallest absolute Gasteiger partial charge is 0.469 e. The average Bonchev–Trinajstić information content (AvgIpc) is 1.63. The van der Waals surface area contributed by atoms with Gasteiger partial charge in [-0.15, -0.1) is 56.7 Å². The molecule has 10 aromatic rings. The third-order valence-corrected chi connectivity index (χ3v) is 32.4. The number of piperazine rings is 5. The second-order valence-corrected chi connectivity index (χ2v) is 40.9. The molecule has 5 aliphatic heterocycles. The van der Waals surface area contributed by atoms with Gasteiger partial charge >= 0.3 is 66.4 Å². The van der Waals surface area contributed by atoms with Crippen molar-refractivity contribution in [3.8, 4) is 0 Å². The molecule has 0 amide bonds. The third-order valence-electron chi connectivity index (χ3n) is 27.7. The zero-order valence-corrected chi connectivity index (χ0v) is 80.9. The van der Waals surface area contributed by atoms with Gasteiger partial charge in [0.05, 0.1) is 69.3 Å². The molecule has 0 spiro atoms. The van der Waals surface area contributed by atoms with E-state index >= 15 is 0 Å². The number of ketones is 1. The van der Waals surface area contributed by atoms with Crippen molar-refractivity contribution in [2.24, 2.45) is 70.0 Å². The second kappa shape index (κ2) is 44.9. The molecule has 2 N–H and O–H groups in total. The number of thiophene rings is 5. The number of carbonyl (C=O) groups is 2. The van der Waals surface area contributed by atoms with Gasteiger partial charge in [0, 0.05) is 258 Å². The number of benzene rings is 5. The summed E-state index contributed by atoms with van der Waals surface area (Å²) in [5.41, 5.74) is 29.9. The molecule has 135 heavy (non-hydrogen) atoms. The van der Waals surface area contributed by atoms with Crippen LogP contribution in [-0.4, -0.2) is 220 Å². The Kier molecular flexibility index (Phi) is 34.8. The maximum Gasteiger partial charge on any atom is 1.00 e. The van der Waals surface area contributed by atoms with Gasteiger partial charge in [-0.2, -0.15) is 65.9 Å². The standard InChI is InChI=1S/C19H21F3N2O2S.C19H21F3N2OS.C19H23F3N2S.C18H20F3N5S.C18H22F3N3S.CH4.N3.Na/c1-26-18(25)15-8-12(15)10-23-4-6-24(7-5-23)16-11-27-17-9-13(19(20,21)22)2-3-14(16)17;1-12(25)16-8-13(16)10-23-4-6-24(7-5-23)17-11-26-18-9-14(19(20,21)22)2-3-15(17)18;1-2-13-9-14(13)11-23-5-7-24(8-6-23)17-12-25-18-10-15(19(20,21)22)3-4-16(17)18;19-18(20,21)14-1-2-15-16(11-27-17(15)8-14)26-5-3-25(4-6-26)10-13-7-12(13)9-23-24-22;19-18(20,21)14-1-2-15-16(11-25-17(15)8-14)24-5-3-23(4-6-24)10-13-7-12(13)9-22;;1-3-2;/h2-3,9,11-12,15H,4-8,10H2,1H3;2-3,9,11,13,16H,4-8,10H2,1H3;3-4,10,12-14H,2,5-9,11H2,1H3;1-2,8,11-13H,3-7,9-10H2;1-2,8,11-13H,3-7,9-10,22H2;1H4;;/q;;;;;;-1;+1/t12?,15-;13?,16-;13-,14?;2*12-,13?;;;/m10100.../s1. The summed E-state index contributed by atoms with van der Waals surface area (Å²) < 4.78 is 201. The molecule has 5 saturated carbocycles. The fraction of sp³-hybridized carbons (Fsp3) is 0.553. The first-order chi connectivity index (χ1) is 63.5. The van der Waals surface area contributed by atoms with E-state index in [4.69, 9.17) is 27.1 Å². The predicted octanol–water partition coefficient (Wildman–Crippen LogP) is 20.3. The predicted molar refractivity (Wildman–Crippen MR) is 508 cm³/mol. The second-order valence-electron chi connectivity index (χ2n) is 36.3. The van der Waals surface area contributed by atoms with E-state index < -0.39 is 58.7 Å². The van der Waals surface area contributed by atoms with Crippen molar-refractivity contribution in [1.29, 1.82) is 0 Å². The van der Waals surface area contributed by atoms with Crippen molar-refractivity contribution in [2.75, 3.05) is 208 Å². The molecule has 10 aliphatic rings. The zero-order chi connectivity index (χ0) is 94.6. The van der Waals surface area contributed by atoms with Gasteiger partial charge in [0.15, 0.2) is 0 Å². The van der Waals surface area contributed by atoms with E-state index in [0.717, 1.165) is 267 Å².